The van der Waals surface area contributed by atoms with E-state index < -0.39 is 0 Å². The van der Waals surface area contributed by atoms with Crippen LogP contribution in [0.25, 0.3) is 0 Å². The molecule has 1 unspecified atom stereocenters. The van der Waals surface area contributed by atoms with E-state index in [1.807, 2.05) is 6.07 Å². The Kier molecular flexibility index (Phi) is 4.55. The molecular weight excluding hydrogens is 297 g/mol. The van der Waals surface area contributed by atoms with Crippen molar-refractivity contribution in [3.63, 3.8) is 0 Å². The number of nitrogens with one attached hydrogen (secondary N) is 1. The SMILES string of the molecule is CCCNC(c1ccoc1)c1cc(F)ccc1Br. The maximum absolute atomic E-state index is 13.4. The fourth-order valence-electron chi connectivity index (χ4n) is 1.87. The van der Waals surface area contributed by atoms with Crippen LogP contribution in [-0.4, -0.2) is 6.54 Å². The maximum Gasteiger partial charge on any atom is 0.123 e. The van der Waals surface area contributed by atoms with E-state index in [4.69, 9.17) is 4.42 Å². The van der Waals surface area contributed by atoms with Crippen molar-refractivity contribution in [3.05, 3.63) is 58.2 Å². The Balaban J connectivity index is 2.36. The molecule has 1 aromatic heterocycles. The van der Waals surface area contributed by atoms with Gasteiger partial charge in [-0.1, -0.05) is 22.9 Å². The van der Waals surface area contributed by atoms with Gasteiger partial charge in [0.2, 0.25) is 0 Å². The molecule has 0 amide bonds. The smallest absolute Gasteiger partial charge is 0.123 e. The van der Waals surface area contributed by atoms with Crippen molar-refractivity contribution in [2.75, 3.05) is 6.54 Å². The summed E-state index contributed by atoms with van der Waals surface area (Å²) in [4.78, 5) is 0. The predicted molar refractivity (Wildman–Crippen MR) is 72.9 cm³/mol. The zero-order valence-electron chi connectivity index (χ0n) is 10.1. The van der Waals surface area contributed by atoms with E-state index in [0.717, 1.165) is 28.6 Å². The van der Waals surface area contributed by atoms with Crippen molar-refractivity contribution in [1.29, 1.82) is 0 Å². The molecule has 1 atom stereocenters. The molecule has 0 fully saturated rings. The first-order chi connectivity index (χ1) is 8.72. The third-order valence-corrected chi connectivity index (χ3v) is 3.47. The molecule has 0 saturated carbocycles. The second kappa shape index (κ2) is 6.16. The van der Waals surface area contributed by atoms with Crippen LogP contribution in [0.3, 0.4) is 0 Å². The highest BCUT2D eigenvalue weighted by atomic mass is 79.9. The van der Waals surface area contributed by atoms with Crippen molar-refractivity contribution >= 4 is 15.9 Å². The molecule has 2 aromatic rings. The molecule has 0 spiro atoms. The van der Waals surface area contributed by atoms with Crippen LogP contribution in [-0.2, 0) is 0 Å². The summed E-state index contributed by atoms with van der Waals surface area (Å²) in [5, 5.41) is 3.40. The van der Waals surface area contributed by atoms with E-state index in [9.17, 15) is 4.39 Å². The second-order valence-electron chi connectivity index (χ2n) is 4.11. The lowest BCUT2D eigenvalue weighted by Gasteiger charge is -2.19. The fourth-order valence-corrected chi connectivity index (χ4v) is 2.35. The van der Waals surface area contributed by atoms with E-state index in [1.165, 1.54) is 6.07 Å². The molecule has 0 saturated heterocycles. The average Bonchev–Trinajstić information content (AvgIpc) is 2.88. The molecule has 0 aliphatic rings. The maximum atomic E-state index is 13.4. The largest absolute Gasteiger partial charge is 0.472 e. The summed E-state index contributed by atoms with van der Waals surface area (Å²) in [6, 6.07) is 6.55. The van der Waals surface area contributed by atoms with Gasteiger partial charge in [0.05, 0.1) is 18.6 Å². The summed E-state index contributed by atoms with van der Waals surface area (Å²) in [5.74, 6) is -0.236. The van der Waals surface area contributed by atoms with Gasteiger partial charge in [-0.15, -0.1) is 0 Å². The molecule has 18 heavy (non-hydrogen) atoms. The summed E-state index contributed by atoms with van der Waals surface area (Å²) in [5.41, 5.74) is 1.87. The zero-order valence-corrected chi connectivity index (χ0v) is 11.7. The lowest BCUT2D eigenvalue weighted by atomic mass is 10.0. The molecule has 1 heterocycles. The number of halogens is 2. The van der Waals surface area contributed by atoms with Crippen LogP contribution in [0.2, 0.25) is 0 Å². The Morgan fingerprint density at radius 3 is 2.89 bits per heavy atom. The van der Waals surface area contributed by atoms with Crippen molar-refractivity contribution in [1.82, 2.24) is 5.32 Å². The highest BCUT2D eigenvalue weighted by molar-refractivity contribution is 9.10. The van der Waals surface area contributed by atoms with Crippen LogP contribution in [0.4, 0.5) is 4.39 Å². The van der Waals surface area contributed by atoms with Crippen LogP contribution in [0, 0.1) is 5.82 Å². The van der Waals surface area contributed by atoms with E-state index in [2.05, 4.69) is 28.2 Å². The topological polar surface area (TPSA) is 25.2 Å². The number of furan rings is 1. The van der Waals surface area contributed by atoms with E-state index >= 15 is 0 Å². The third kappa shape index (κ3) is 3.00. The Labute approximate surface area is 114 Å². The minimum absolute atomic E-state index is 0.0613. The first kappa shape index (κ1) is 13.3. The molecule has 96 valence electrons. The predicted octanol–water partition coefficient (Wildman–Crippen LogP) is 4.27. The summed E-state index contributed by atoms with van der Waals surface area (Å²) in [6.45, 7) is 2.96. The highest BCUT2D eigenvalue weighted by Gasteiger charge is 2.17. The van der Waals surface area contributed by atoms with Gasteiger partial charge in [-0.3, -0.25) is 0 Å². The van der Waals surface area contributed by atoms with E-state index in [-0.39, 0.29) is 11.9 Å². The van der Waals surface area contributed by atoms with Gasteiger partial charge >= 0.3 is 0 Å². The van der Waals surface area contributed by atoms with Gasteiger partial charge in [-0.2, -0.15) is 0 Å². The first-order valence-electron chi connectivity index (χ1n) is 5.92. The lowest BCUT2D eigenvalue weighted by Crippen LogP contribution is -2.23. The third-order valence-electron chi connectivity index (χ3n) is 2.74. The molecule has 2 nitrogen and oxygen atoms in total. The second-order valence-corrected chi connectivity index (χ2v) is 4.96. The Hall–Kier alpha value is -1.13. The van der Waals surface area contributed by atoms with Gasteiger partial charge in [0.1, 0.15) is 5.82 Å². The standard InChI is InChI=1S/C14H15BrFNO/c1-2-6-17-14(10-5-7-18-9-10)12-8-11(16)3-4-13(12)15/h3-5,7-9,14,17H,2,6H2,1H3. The van der Waals surface area contributed by atoms with Crippen LogP contribution >= 0.6 is 15.9 Å². The monoisotopic (exact) mass is 311 g/mol. The van der Waals surface area contributed by atoms with Crippen LogP contribution in [0.5, 0.6) is 0 Å². The van der Waals surface area contributed by atoms with Gasteiger partial charge in [-0.25, -0.2) is 4.39 Å². The van der Waals surface area contributed by atoms with Crippen LogP contribution < -0.4 is 5.32 Å². The summed E-state index contributed by atoms with van der Waals surface area (Å²) in [7, 11) is 0. The van der Waals surface area contributed by atoms with Gasteiger partial charge in [-0.05, 0) is 42.8 Å². The van der Waals surface area contributed by atoms with Crippen LogP contribution in [0.1, 0.15) is 30.5 Å². The summed E-state index contributed by atoms with van der Waals surface area (Å²) in [6.07, 6.45) is 4.33. The van der Waals surface area contributed by atoms with Gasteiger partial charge < -0.3 is 9.73 Å². The normalized spacial score (nSPS) is 12.6. The van der Waals surface area contributed by atoms with E-state index in [0.29, 0.717) is 0 Å². The number of hydrogen-bond acceptors (Lipinski definition) is 2. The molecule has 0 bridgehead atoms. The summed E-state index contributed by atoms with van der Waals surface area (Å²) < 4.78 is 19.4. The summed E-state index contributed by atoms with van der Waals surface area (Å²) >= 11 is 3.47. The van der Waals surface area contributed by atoms with Gasteiger partial charge in [0.25, 0.3) is 0 Å². The molecule has 2 rings (SSSR count). The number of benzene rings is 1. The molecule has 4 heteroatoms. The van der Waals surface area contributed by atoms with E-state index in [1.54, 1.807) is 24.7 Å². The first-order valence-corrected chi connectivity index (χ1v) is 6.72. The minimum atomic E-state index is -0.236. The molecule has 0 aliphatic heterocycles. The van der Waals surface area contributed by atoms with Crippen molar-refractivity contribution < 1.29 is 8.81 Å². The average molecular weight is 312 g/mol. The van der Waals surface area contributed by atoms with Crippen molar-refractivity contribution in [2.45, 2.75) is 19.4 Å². The molecule has 0 radical (unpaired) electrons. The van der Waals surface area contributed by atoms with Crippen LogP contribution in [0.15, 0.2) is 45.7 Å². The Morgan fingerprint density at radius 1 is 1.39 bits per heavy atom. The van der Waals surface area contributed by atoms with Gasteiger partial charge in [0.15, 0.2) is 0 Å². The van der Waals surface area contributed by atoms with Crippen molar-refractivity contribution in [3.8, 4) is 0 Å². The number of hydrogen-bond donors (Lipinski definition) is 1. The molecular formula is C14H15BrFNO. The Morgan fingerprint density at radius 2 is 2.22 bits per heavy atom. The van der Waals surface area contributed by atoms with Crippen molar-refractivity contribution in [2.24, 2.45) is 0 Å². The lowest BCUT2D eigenvalue weighted by molar-refractivity contribution is 0.545. The van der Waals surface area contributed by atoms with Gasteiger partial charge in [0, 0.05) is 10.0 Å². The highest BCUT2D eigenvalue weighted by Crippen LogP contribution is 2.29. The molecule has 1 N–H and O–H groups in total. The molecule has 1 aromatic carbocycles. The zero-order chi connectivity index (χ0) is 13.0. The Bertz CT molecular complexity index is 499. The molecule has 0 aliphatic carbocycles. The fraction of sp³-hybridized carbons (Fsp3) is 0.286. The quantitative estimate of drug-likeness (QED) is 0.892. The number of rotatable bonds is 5. The minimum Gasteiger partial charge on any atom is -0.472 e.